The summed E-state index contributed by atoms with van der Waals surface area (Å²) in [7, 11) is 0. The Bertz CT molecular complexity index is 338. The van der Waals surface area contributed by atoms with E-state index in [2.05, 4.69) is 26.1 Å². The molecule has 1 heterocycles. The highest BCUT2D eigenvalue weighted by atomic mass is 16.4. The Hall–Kier alpha value is -1.30. The van der Waals surface area contributed by atoms with E-state index in [9.17, 15) is 9.59 Å². The zero-order chi connectivity index (χ0) is 14.6. The van der Waals surface area contributed by atoms with Gasteiger partial charge in [-0.25, -0.2) is 9.59 Å². The normalized spacial score (nSPS) is 21.3. The number of aliphatic hydroxyl groups excluding tert-OH is 1. The molecule has 110 valence electrons. The number of nitrogens with zero attached hydrogens (tertiary/aromatic N) is 1. The smallest absolute Gasteiger partial charge is 0.332 e. The van der Waals surface area contributed by atoms with Crippen LogP contribution in [0.25, 0.3) is 0 Å². The summed E-state index contributed by atoms with van der Waals surface area (Å²) in [6, 6.07) is -0.177. The van der Waals surface area contributed by atoms with Gasteiger partial charge in [-0.1, -0.05) is 20.8 Å². The molecule has 0 aromatic rings. The monoisotopic (exact) mass is 272 g/mol. The van der Waals surface area contributed by atoms with Crippen LogP contribution in [0, 0.1) is 11.3 Å². The predicted molar refractivity (Wildman–Crippen MR) is 70.8 cm³/mol. The minimum atomic E-state index is -1.42. The van der Waals surface area contributed by atoms with Gasteiger partial charge in [0.05, 0.1) is 0 Å². The Labute approximate surface area is 113 Å². The highest BCUT2D eigenvalue weighted by molar-refractivity contribution is 5.75. The third-order valence-corrected chi connectivity index (χ3v) is 3.68. The fraction of sp³-hybridized carbons (Fsp3) is 0.846. The van der Waals surface area contributed by atoms with E-state index in [1.165, 1.54) is 0 Å². The van der Waals surface area contributed by atoms with Gasteiger partial charge >= 0.3 is 12.0 Å². The largest absolute Gasteiger partial charge is 0.479 e. The summed E-state index contributed by atoms with van der Waals surface area (Å²) in [6.07, 6.45) is -0.395. The zero-order valence-corrected chi connectivity index (χ0v) is 11.8. The molecule has 0 aromatic heterocycles. The number of likely N-dealkylation sites (tertiary alicyclic amines) is 1. The molecular formula is C13H24N2O4. The quantitative estimate of drug-likeness (QED) is 0.709. The summed E-state index contributed by atoms with van der Waals surface area (Å²) < 4.78 is 0. The first kappa shape index (κ1) is 15.8. The second-order valence-electron chi connectivity index (χ2n) is 6.17. The van der Waals surface area contributed by atoms with Crippen LogP contribution in [0.4, 0.5) is 4.79 Å². The molecule has 0 aliphatic carbocycles. The summed E-state index contributed by atoms with van der Waals surface area (Å²) in [5, 5.41) is 20.2. The van der Waals surface area contributed by atoms with Gasteiger partial charge in [0.15, 0.2) is 6.10 Å². The number of nitrogens with one attached hydrogen (secondary N) is 1. The molecule has 6 nitrogen and oxygen atoms in total. The van der Waals surface area contributed by atoms with Gasteiger partial charge < -0.3 is 20.4 Å². The number of carboxylic acid groups (broad SMARTS) is 1. The van der Waals surface area contributed by atoms with Crippen molar-refractivity contribution in [3.8, 4) is 0 Å². The molecule has 0 radical (unpaired) electrons. The van der Waals surface area contributed by atoms with Crippen LogP contribution in [0.3, 0.4) is 0 Å². The molecule has 2 amide bonds. The number of carbonyl (C=O) groups is 2. The minimum Gasteiger partial charge on any atom is -0.479 e. The maximum Gasteiger partial charge on any atom is 0.332 e. The molecule has 1 rings (SSSR count). The van der Waals surface area contributed by atoms with Gasteiger partial charge in [-0.05, 0) is 17.8 Å². The van der Waals surface area contributed by atoms with Crippen LogP contribution in [0.15, 0.2) is 0 Å². The van der Waals surface area contributed by atoms with Crippen LogP contribution in [-0.4, -0.2) is 52.9 Å². The molecule has 0 saturated carbocycles. The molecule has 1 unspecified atom stereocenters. The van der Waals surface area contributed by atoms with Crippen LogP contribution >= 0.6 is 0 Å². The molecule has 1 fully saturated rings. The van der Waals surface area contributed by atoms with Gasteiger partial charge in [0.2, 0.25) is 0 Å². The van der Waals surface area contributed by atoms with E-state index >= 15 is 0 Å². The average molecular weight is 272 g/mol. The summed E-state index contributed by atoms with van der Waals surface area (Å²) >= 11 is 0. The SMILES string of the molecule is CC(C)(C)C1CCN(C(=O)NCC[C@H](O)C(=O)O)C1. The minimum absolute atomic E-state index is 0.0254. The fourth-order valence-corrected chi connectivity index (χ4v) is 2.20. The van der Waals surface area contributed by atoms with E-state index in [-0.39, 0.29) is 24.4 Å². The number of hydrogen-bond acceptors (Lipinski definition) is 3. The average Bonchev–Trinajstić information content (AvgIpc) is 2.77. The van der Waals surface area contributed by atoms with Crippen molar-refractivity contribution in [2.24, 2.45) is 11.3 Å². The first-order valence-electron chi connectivity index (χ1n) is 6.65. The topological polar surface area (TPSA) is 89.9 Å². The van der Waals surface area contributed by atoms with Gasteiger partial charge in [-0.15, -0.1) is 0 Å². The van der Waals surface area contributed by atoms with Crippen molar-refractivity contribution in [2.45, 2.75) is 39.7 Å². The van der Waals surface area contributed by atoms with Gasteiger partial charge in [0.1, 0.15) is 0 Å². The van der Waals surface area contributed by atoms with Gasteiger partial charge in [-0.2, -0.15) is 0 Å². The molecular weight excluding hydrogens is 248 g/mol. The van der Waals surface area contributed by atoms with Crippen molar-refractivity contribution in [2.75, 3.05) is 19.6 Å². The molecule has 0 spiro atoms. The lowest BCUT2D eigenvalue weighted by Gasteiger charge is -2.27. The lowest BCUT2D eigenvalue weighted by Crippen LogP contribution is -2.40. The molecule has 1 saturated heterocycles. The van der Waals surface area contributed by atoms with E-state index < -0.39 is 12.1 Å². The van der Waals surface area contributed by atoms with E-state index in [1.807, 2.05) is 0 Å². The third kappa shape index (κ3) is 4.70. The molecule has 0 aromatic carbocycles. The van der Waals surface area contributed by atoms with Crippen molar-refractivity contribution < 1.29 is 19.8 Å². The van der Waals surface area contributed by atoms with Crippen LogP contribution in [0.1, 0.15) is 33.6 Å². The number of rotatable bonds is 4. The number of aliphatic carboxylic acids is 1. The summed E-state index contributed by atoms with van der Waals surface area (Å²) in [5.41, 5.74) is 0.189. The highest BCUT2D eigenvalue weighted by Gasteiger charge is 2.33. The van der Waals surface area contributed by atoms with Crippen molar-refractivity contribution in [1.82, 2.24) is 10.2 Å². The molecule has 1 aliphatic heterocycles. The zero-order valence-electron chi connectivity index (χ0n) is 11.8. The number of amides is 2. The highest BCUT2D eigenvalue weighted by Crippen LogP contribution is 2.33. The second kappa shape index (κ2) is 6.23. The van der Waals surface area contributed by atoms with Crippen molar-refractivity contribution in [1.29, 1.82) is 0 Å². The van der Waals surface area contributed by atoms with Crippen molar-refractivity contribution in [3.63, 3.8) is 0 Å². The molecule has 2 atom stereocenters. The number of aliphatic hydroxyl groups is 1. The van der Waals surface area contributed by atoms with Crippen molar-refractivity contribution in [3.05, 3.63) is 0 Å². The van der Waals surface area contributed by atoms with Crippen LogP contribution in [-0.2, 0) is 4.79 Å². The van der Waals surface area contributed by atoms with E-state index in [0.717, 1.165) is 19.5 Å². The first-order chi connectivity index (χ1) is 8.71. The Morgan fingerprint density at radius 2 is 2.05 bits per heavy atom. The number of carboxylic acids is 1. The third-order valence-electron chi connectivity index (χ3n) is 3.68. The number of hydrogen-bond donors (Lipinski definition) is 3. The molecule has 1 aliphatic rings. The lowest BCUT2D eigenvalue weighted by atomic mass is 9.80. The van der Waals surface area contributed by atoms with Crippen molar-refractivity contribution >= 4 is 12.0 Å². The molecule has 3 N–H and O–H groups in total. The Balaban J connectivity index is 2.30. The van der Waals surface area contributed by atoms with E-state index in [4.69, 9.17) is 10.2 Å². The number of urea groups is 1. The van der Waals surface area contributed by atoms with Crippen LogP contribution in [0.2, 0.25) is 0 Å². The Morgan fingerprint density at radius 3 is 2.53 bits per heavy atom. The van der Waals surface area contributed by atoms with Crippen LogP contribution in [0.5, 0.6) is 0 Å². The Morgan fingerprint density at radius 1 is 1.42 bits per heavy atom. The maximum absolute atomic E-state index is 11.9. The molecule has 0 bridgehead atoms. The van der Waals surface area contributed by atoms with Gasteiger partial charge in [0, 0.05) is 26.1 Å². The van der Waals surface area contributed by atoms with Crippen LogP contribution < -0.4 is 5.32 Å². The van der Waals surface area contributed by atoms with E-state index in [0.29, 0.717) is 5.92 Å². The number of carbonyl (C=O) groups excluding carboxylic acids is 1. The maximum atomic E-state index is 11.9. The summed E-state index contributed by atoms with van der Waals surface area (Å²) in [5.74, 6) is -0.772. The summed E-state index contributed by atoms with van der Waals surface area (Å²) in [4.78, 5) is 24.0. The standard InChI is InChI=1S/C13H24N2O4/c1-13(2,3)9-5-7-15(8-9)12(19)14-6-4-10(16)11(17)18/h9-10,16H,4-8H2,1-3H3,(H,14,19)(H,17,18)/t9?,10-/m0/s1. The first-order valence-corrected chi connectivity index (χ1v) is 6.65. The van der Waals surface area contributed by atoms with Gasteiger partial charge in [-0.3, -0.25) is 0 Å². The van der Waals surface area contributed by atoms with Gasteiger partial charge in [0.25, 0.3) is 0 Å². The molecule has 19 heavy (non-hydrogen) atoms. The summed E-state index contributed by atoms with van der Waals surface area (Å²) in [6.45, 7) is 8.14. The predicted octanol–water partition coefficient (Wildman–Crippen LogP) is 0.900. The van der Waals surface area contributed by atoms with E-state index in [1.54, 1.807) is 4.90 Å². The molecule has 6 heteroatoms. The second-order valence-corrected chi connectivity index (χ2v) is 6.17. The Kier molecular flexibility index (Phi) is 5.17. The lowest BCUT2D eigenvalue weighted by molar-refractivity contribution is -0.146. The fourth-order valence-electron chi connectivity index (χ4n) is 2.20.